The van der Waals surface area contributed by atoms with Gasteiger partial charge >= 0.3 is 6.09 Å². The molecule has 0 aromatic carbocycles. The van der Waals surface area contributed by atoms with E-state index in [1.165, 1.54) is 10.6 Å². The highest BCUT2D eigenvalue weighted by Crippen LogP contribution is 2.33. The third-order valence-corrected chi connectivity index (χ3v) is 4.54. The van der Waals surface area contributed by atoms with E-state index in [0.717, 1.165) is 0 Å². The van der Waals surface area contributed by atoms with Crippen LogP contribution in [-0.2, 0) is 14.8 Å². The van der Waals surface area contributed by atoms with Gasteiger partial charge in [-0.3, -0.25) is 0 Å². The molecule has 2 aliphatic heterocycles. The van der Waals surface area contributed by atoms with Gasteiger partial charge in [-0.05, 0) is 27.2 Å². The molecule has 2 fully saturated rings. The van der Waals surface area contributed by atoms with E-state index in [1.54, 1.807) is 4.90 Å². The summed E-state index contributed by atoms with van der Waals surface area (Å²) in [7, 11) is -3.16. The molecule has 2 rings (SSSR count). The van der Waals surface area contributed by atoms with Crippen LogP contribution in [0.5, 0.6) is 0 Å². The zero-order chi connectivity index (χ0) is 13.7. The van der Waals surface area contributed by atoms with Gasteiger partial charge in [0.2, 0.25) is 10.0 Å². The minimum absolute atomic E-state index is 0.0421. The molecular weight excluding hydrogens is 256 g/mol. The molecule has 6 nitrogen and oxygen atoms in total. The fraction of sp³-hybridized carbons (Fsp3) is 0.909. The molecule has 2 bridgehead atoms. The van der Waals surface area contributed by atoms with Crippen molar-refractivity contribution in [2.24, 2.45) is 0 Å². The summed E-state index contributed by atoms with van der Waals surface area (Å²) in [6, 6.07) is -0.128. The molecule has 0 N–H and O–H groups in total. The smallest absolute Gasteiger partial charge is 0.410 e. The molecule has 2 atom stereocenters. The molecule has 2 saturated heterocycles. The standard InChI is InChI=1S/C11H20N2O4S/c1-11(2,3)17-10(14)12-6-9-5-8(12)7-13(9)18(4,15)16/h8-9H,5-7H2,1-4H3/t8-,9-/m0/s1. The van der Waals surface area contributed by atoms with Gasteiger partial charge in [-0.25, -0.2) is 13.2 Å². The van der Waals surface area contributed by atoms with Gasteiger partial charge in [0.25, 0.3) is 0 Å². The predicted octanol–water partition coefficient (Wildman–Crippen LogP) is 0.640. The molecule has 0 aromatic rings. The molecule has 18 heavy (non-hydrogen) atoms. The van der Waals surface area contributed by atoms with Crippen molar-refractivity contribution in [3.8, 4) is 0 Å². The van der Waals surface area contributed by atoms with E-state index < -0.39 is 15.6 Å². The van der Waals surface area contributed by atoms with Crippen LogP contribution >= 0.6 is 0 Å². The lowest BCUT2D eigenvalue weighted by Crippen LogP contribution is -2.51. The van der Waals surface area contributed by atoms with Crippen molar-refractivity contribution >= 4 is 16.1 Å². The Balaban J connectivity index is 2.02. The quantitative estimate of drug-likeness (QED) is 0.705. The number of ether oxygens (including phenoxy) is 1. The highest BCUT2D eigenvalue weighted by atomic mass is 32.2. The molecule has 0 unspecified atom stereocenters. The van der Waals surface area contributed by atoms with Gasteiger partial charge < -0.3 is 9.64 Å². The number of piperazine rings is 1. The lowest BCUT2D eigenvalue weighted by Gasteiger charge is -2.33. The van der Waals surface area contributed by atoms with E-state index >= 15 is 0 Å². The molecule has 2 aliphatic rings. The van der Waals surface area contributed by atoms with Crippen LogP contribution in [0.2, 0.25) is 0 Å². The monoisotopic (exact) mass is 276 g/mol. The summed E-state index contributed by atoms with van der Waals surface area (Å²) in [6.45, 7) is 6.29. The first-order chi connectivity index (χ1) is 8.08. The van der Waals surface area contributed by atoms with Crippen molar-refractivity contribution in [3.05, 3.63) is 0 Å². The number of likely N-dealkylation sites (tertiary alicyclic amines) is 1. The number of carbonyl (C=O) groups excluding carboxylic acids is 1. The predicted molar refractivity (Wildman–Crippen MR) is 66.7 cm³/mol. The lowest BCUT2D eigenvalue weighted by molar-refractivity contribution is 0.0173. The Morgan fingerprint density at radius 3 is 2.22 bits per heavy atom. The number of rotatable bonds is 1. The van der Waals surface area contributed by atoms with Crippen molar-refractivity contribution in [1.29, 1.82) is 0 Å². The summed E-state index contributed by atoms with van der Waals surface area (Å²) >= 11 is 0. The third-order valence-electron chi connectivity index (χ3n) is 3.24. The third kappa shape index (κ3) is 2.61. The van der Waals surface area contributed by atoms with Gasteiger partial charge in [-0.2, -0.15) is 4.31 Å². The Morgan fingerprint density at radius 2 is 1.83 bits per heavy atom. The highest BCUT2D eigenvalue weighted by molar-refractivity contribution is 7.88. The normalized spacial score (nSPS) is 28.8. The van der Waals surface area contributed by atoms with E-state index in [1.807, 2.05) is 20.8 Å². The molecular formula is C11H20N2O4S. The molecule has 104 valence electrons. The average molecular weight is 276 g/mol. The molecule has 0 radical (unpaired) electrons. The van der Waals surface area contributed by atoms with Crippen molar-refractivity contribution in [3.63, 3.8) is 0 Å². The van der Waals surface area contributed by atoms with Gasteiger partial charge in [-0.1, -0.05) is 0 Å². The first kappa shape index (κ1) is 13.6. The number of amides is 1. The molecule has 2 heterocycles. The summed E-state index contributed by atoms with van der Waals surface area (Å²) in [5, 5.41) is 0. The number of nitrogens with zero attached hydrogens (tertiary/aromatic N) is 2. The van der Waals surface area contributed by atoms with Crippen LogP contribution in [0.15, 0.2) is 0 Å². The molecule has 0 aliphatic carbocycles. The van der Waals surface area contributed by atoms with Crippen LogP contribution in [0.25, 0.3) is 0 Å². The van der Waals surface area contributed by atoms with Crippen LogP contribution in [0, 0.1) is 0 Å². The van der Waals surface area contributed by atoms with Crippen LogP contribution < -0.4 is 0 Å². The summed E-state index contributed by atoms with van der Waals surface area (Å²) < 4.78 is 29.8. The minimum atomic E-state index is -3.16. The molecule has 0 aromatic heterocycles. The van der Waals surface area contributed by atoms with E-state index in [0.29, 0.717) is 19.5 Å². The zero-order valence-electron chi connectivity index (χ0n) is 11.2. The van der Waals surface area contributed by atoms with Gasteiger partial charge in [0.15, 0.2) is 0 Å². The zero-order valence-corrected chi connectivity index (χ0v) is 12.0. The topological polar surface area (TPSA) is 66.9 Å². The van der Waals surface area contributed by atoms with Crippen molar-refractivity contribution in [2.45, 2.75) is 44.9 Å². The molecule has 1 amide bonds. The first-order valence-corrected chi connectivity index (χ1v) is 7.89. The highest BCUT2D eigenvalue weighted by Gasteiger charge is 2.49. The van der Waals surface area contributed by atoms with Crippen LogP contribution in [-0.4, -0.2) is 60.7 Å². The van der Waals surface area contributed by atoms with Gasteiger partial charge in [0, 0.05) is 19.1 Å². The Kier molecular flexibility index (Phi) is 3.09. The number of hydrogen-bond acceptors (Lipinski definition) is 4. The minimum Gasteiger partial charge on any atom is -0.444 e. The largest absolute Gasteiger partial charge is 0.444 e. The van der Waals surface area contributed by atoms with E-state index in [-0.39, 0.29) is 18.2 Å². The number of carbonyl (C=O) groups is 1. The number of sulfonamides is 1. The number of hydrogen-bond donors (Lipinski definition) is 0. The summed E-state index contributed by atoms with van der Waals surface area (Å²) in [4.78, 5) is 13.6. The summed E-state index contributed by atoms with van der Waals surface area (Å²) in [6.07, 6.45) is 1.58. The van der Waals surface area contributed by atoms with Crippen molar-refractivity contribution < 1.29 is 17.9 Å². The lowest BCUT2D eigenvalue weighted by atomic mass is 10.2. The second-order valence-electron chi connectivity index (χ2n) is 6.01. The average Bonchev–Trinajstić information content (AvgIpc) is 2.71. The van der Waals surface area contributed by atoms with Crippen molar-refractivity contribution in [2.75, 3.05) is 19.3 Å². The van der Waals surface area contributed by atoms with Crippen LogP contribution in [0.1, 0.15) is 27.2 Å². The molecule has 0 spiro atoms. The van der Waals surface area contributed by atoms with Gasteiger partial charge in [-0.15, -0.1) is 0 Å². The van der Waals surface area contributed by atoms with E-state index in [2.05, 4.69) is 0 Å². The maximum Gasteiger partial charge on any atom is 0.410 e. The second-order valence-corrected chi connectivity index (χ2v) is 7.94. The maximum atomic E-state index is 11.9. The maximum absolute atomic E-state index is 11.9. The number of fused-ring (bicyclic) bond motifs is 2. The fourth-order valence-corrected chi connectivity index (χ4v) is 3.72. The van der Waals surface area contributed by atoms with Gasteiger partial charge in [0.1, 0.15) is 5.60 Å². The van der Waals surface area contributed by atoms with E-state index in [4.69, 9.17) is 4.74 Å². The molecule has 7 heteroatoms. The fourth-order valence-electron chi connectivity index (χ4n) is 2.58. The van der Waals surface area contributed by atoms with Crippen molar-refractivity contribution in [1.82, 2.24) is 9.21 Å². The van der Waals surface area contributed by atoms with Crippen LogP contribution in [0.4, 0.5) is 4.79 Å². The Hall–Kier alpha value is -0.820. The first-order valence-electron chi connectivity index (χ1n) is 6.04. The van der Waals surface area contributed by atoms with Crippen LogP contribution in [0.3, 0.4) is 0 Å². The summed E-state index contributed by atoms with van der Waals surface area (Å²) in [5.74, 6) is 0. The second kappa shape index (κ2) is 4.09. The SMILES string of the molecule is CC(C)(C)OC(=O)N1C[C@@H]2C[C@H]1CN2S(C)(=O)=O. The summed E-state index contributed by atoms with van der Waals surface area (Å²) in [5.41, 5.74) is -0.518. The Bertz CT molecular complexity index is 454. The van der Waals surface area contributed by atoms with Gasteiger partial charge in [0.05, 0.1) is 12.3 Å². The Morgan fingerprint density at radius 1 is 1.22 bits per heavy atom. The Labute approximate surface area is 108 Å². The van der Waals surface area contributed by atoms with E-state index in [9.17, 15) is 13.2 Å². The molecule has 0 saturated carbocycles.